The molecule has 2 unspecified atom stereocenters. The Bertz CT molecular complexity index is 3990. The molecule has 108 heavy (non-hydrogen) atoms. The van der Waals surface area contributed by atoms with Crippen LogP contribution in [0, 0.1) is 23.3 Å². The molecule has 24 nitrogen and oxygen atoms in total. The number of hydrogen-bond donors (Lipinski definition) is 2. The molecule has 0 bridgehead atoms. The minimum absolute atomic E-state index is 0.0250. The average Bonchev–Trinajstić information content (AvgIpc) is 1.62. The summed E-state index contributed by atoms with van der Waals surface area (Å²) < 4.78 is 96.7. The van der Waals surface area contributed by atoms with Crippen LogP contribution in [0.3, 0.4) is 0 Å². The number of β-amino-alcohol motifs (C(OH)–C–C–N with tert-alkyl or cyclic N) is 2. The van der Waals surface area contributed by atoms with Crippen molar-refractivity contribution in [3.8, 4) is 11.5 Å². The van der Waals surface area contributed by atoms with Crippen molar-refractivity contribution in [2.24, 2.45) is 0 Å². The van der Waals surface area contributed by atoms with Crippen LogP contribution in [0.4, 0.5) is 61.3 Å². The van der Waals surface area contributed by atoms with Gasteiger partial charge in [0.2, 0.25) is 0 Å². The van der Waals surface area contributed by atoms with Crippen LogP contribution in [0.15, 0.2) is 159 Å². The summed E-state index contributed by atoms with van der Waals surface area (Å²) in [6, 6.07) is 38.2. The normalized spacial score (nSPS) is 23.2. The fourth-order valence-corrected chi connectivity index (χ4v) is 15.6. The van der Waals surface area contributed by atoms with Crippen LogP contribution in [0.25, 0.3) is 0 Å². The molecular weight excluding hydrogens is 1390 g/mol. The van der Waals surface area contributed by atoms with E-state index in [1.807, 2.05) is 100 Å². The molecule has 6 saturated heterocycles. The Hall–Kier alpha value is -9.58. The second kappa shape index (κ2) is 33.5. The standard InChI is InChI=1S/2C40H49F2N7O5/c2*1-4-5-6-17-40(51)25-48(38(50)49(40)29(2)3)33-10-8-31(9-11-33)45-18-20-46(21-19-45)32-12-14-34(15-13-32)52-23-37-53-26-39(54-37,24-47-28-43-27-44-47)35-16-7-30(41)22-36(35)42/h2*7-16,22,27-29,37,51H,4-6,17-21,23-26H2,1-3H3/t2*37-,39+,40?/m00/s1. The fourth-order valence-electron chi connectivity index (χ4n) is 15.6. The van der Waals surface area contributed by atoms with Gasteiger partial charge < -0.3 is 58.2 Å². The number of aliphatic hydroxyl groups is 2. The maximum atomic E-state index is 14.9. The Balaban J connectivity index is 0.000000190. The lowest BCUT2D eigenvalue weighted by molar-refractivity contribution is -0.117. The van der Waals surface area contributed by atoms with Gasteiger partial charge in [-0.3, -0.25) is 19.6 Å². The maximum Gasteiger partial charge on any atom is 0.327 e. The van der Waals surface area contributed by atoms with Crippen LogP contribution in [0.5, 0.6) is 11.5 Å². The van der Waals surface area contributed by atoms with Gasteiger partial charge in [0.1, 0.15) is 84.5 Å². The van der Waals surface area contributed by atoms with Crippen molar-refractivity contribution in [2.75, 3.05) is 121 Å². The first-order valence-electron chi connectivity index (χ1n) is 37.6. The molecule has 6 atom stereocenters. The van der Waals surface area contributed by atoms with Gasteiger partial charge in [0.05, 0.1) is 39.4 Å². The Morgan fingerprint density at radius 2 is 0.806 bits per heavy atom. The molecule has 6 aliphatic rings. The van der Waals surface area contributed by atoms with Gasteiger partial charge in [0, 0.05) is 122 Å². The van der Waals surface area contributed by atoms with E-state index >= 15 is 0 Å². The van der Waals surface area contributed by atoms with Crippen molar-refractivity contribution in [3.63, 3.8) is 0 Å². The van der Waals surface area contributed by atoms with Gasteiger partial charge in [0.15, 0.2) is 24.0 Å². The van der Waals surface area contributed by atoms with E-state index in [1.54, 1.807) is 19.6 Å². The number of amides is 4. The highest BCUT2D eigenvalue weighted by atomic mass is 19.1. The minimum atomic E-state index is -1.24. The van der Waals surface area contributed by atoms with E-state index < -0.39 is 58.5 Å². The van der Waals surface area contributed by atoms with E-state index in [4.69, 9.17) is 28.4 Å². The summed E-state index contributed by atoms with van der Waals surface area (Å²) in [5.41, 5.74) is 1.47. The SMILES string of the molecule is CCCCCC1(O)CN(c2ccc(N3CCN(c4ccc(OC[C@H]5OC[C@](Cn6cncn6)(c6ccc(F)cc6F)O5)cc4)CC3)cc2)C(=O)N1C(C)C.CCCCCC1(O)CN(c2ccc(N3CCN(c4ccc(OC[C@H]5OC[C@](Cn6cncn6)(c6ccc(F)cc6F)O5)cc4)CC3)cc2)C(=O)N1C(C)C. The highest BCUT2D eigenvalue weighted by Gasteiger charge is 2.52. The first-order chi connectivity index (χ1) is 52.1. The van der Waals surface area contributed by atoms with Crippen molar-refractivity contribution < 1.29 is 65.8 Å². The molecule has 0 spiro atoms. The van der Waals surface area contributed by atoms with Gasteiger partial charge >= 0.3 is 12.1 Å². The first-order valence-corrected chi connectivity index (χ1v) is 37.6. The highest BCUT2D eigenvalue weighted by Crippen LogP contribution is 2.42. The minimum Gasteiger partial charge on any atom is -0.488 e. The number of piperazine rings is 2. The fraction of sp³-hybridized carbons (Fsp3) is 0.475. The van der Waals surface area contributed by atoms with E-state index in [-0.39, 0.29) is 87.9 Å². The van der Waals surface area contributed by atoms with Gasteiger partial charge in [-0.15, -0.1) is 0 Å². The zero-order valence-electron chi connectivity index (χ0n) is 62.2. The van der Waals surface area contributed by atoms with Gasteiger partial charge in [-0.2, -0.15) is 10.2 Å². The number of halogens is 4. The molecule has 0 saturated carbocycles. The lowest BCUT2D eigenvalue weighted by Gasteiger charge is -2.37. The van der Waals surface area contributed by atoms with Gasteiger partial charge in [-0.25, -0.2) is 46.5 Å². The molecule has 4 amide bonds. The third-order valence-corrected chi connectivity index (χ3v) is 21.1. The molecule has 6 fully saturated rings. The highest BCUT2D eigenvalue weighted by molar-refractivity contribution is 5.96. The van der Waals surface area contributed by atoms with Crippen LogP contribution in [0.1, 0.15) is 104 Å². The lowest BCUT2D eigenvalue weighted by Crippen LogP contribution is -2.50. The number of rotatable bonds is 28. The summed E-state index contributed by atoms with van der Waals surface area (Å²) >= 11 is 0. The average molecular weight is 1490 g/mol. The molecule has 2 aromatic heterocycles. The summed E-state index contributed by atoms with van der Waals surface area (Å²) in [5.74, 6) is -1.53. The zero-order chi connectivity index (χ0) is 75.7. The van der Waals surface area contributed by atoms with Gasteiger partial charge in [-0.05, 0) is 163 Å². The predicted octanol–water partition coefficient (Wildman–Crippen LogP) is 12.3. The molecule has 6 aromatic carbocycles. The number of benzene rings is 6. The zero-order valence-corrected chi connectivity index (χ0v) is 62.2. The topological polar surface area (TPSA) is 217 Å². The molecule has 8 heterocycles. The van der Waals surface area contributed by atoms with Crippen LogP contribution in [-0.4, -0.2) is 190 Å². The number of aromatic nitrogens is 6. The third-order valence-electron chi connectivity index (χ3n) is 21.1. The lowest BCUT2D eigenvalue weighted by atomic mass is 9.94. The quantitative estimate of drug-likeness (QED) is 0.0344. The van der Waals surface area contributed by atoms with Crippen molar-refractivity contribution in [1.29, 1.82) is 0 Å². The number of anilines is 6. The van der Waals surface area contributed by atoms with Crippen molar-refractivity contribution in [2.45, 2.75) is 153 Å². The second-order valence-electron chi connectivity index (χ2n) is 29.3. The number of carbonyl (C=O) groups excluding carboxylic acids is 2. The number of ether oxygens (including phenoxy) is 6. The van der Waals surface area contributed by atoms with E-state index in [1.165, 1.54) is 58.9 Å². The summed E-state index contributed by atoms with van der Waals surface area (Å²) in [6.45, 7) is 19.7. The molecule has 14 rings (SSSR count). The number of unbranched alkanes of at least 4 members (excludes halogenated alkanes) is 4. The summed E-state index contributed by atoms with van der Waals surface area (Å²) in [5, 5.41) is 31.3. The van der Waals surface area contributed by atoms with Crippen LogP contribution < -0.4 is 38.9 Å². The number of hydrogen-bond acceptors (Lipinski definition) is 18. The Morgan fingerprint density at radius 1 is 0.472 bits per heavy atom. The van der Waals surface area contributed by atoms with E-state index in [9.17, 15) is 37.4 Å². The van der Waals surface area contributed by atoms with E-state index in [0.29, 0.717) is 24.3 Å². The van der Waals surface area contributed by atoms with Crippen LogP contribution in [-0.2, 0) is 43.2 Å². The summed E-state index contributed by atoms with van der Waals surface area (Å²) in [7, 11) is 0. The molecule has 2 N–H and O–H groups in total. The van der Waals surface area contributed by atoms with Crippen molar-refractivity contribution in [1.82, 2.24) is 39.3 Å². The summed E-state index contributed by atoms with van der Waals surface area (Å²) in [6.07, 6.45) is 11.3. The third kappa shape index (κ3) is 17.1. The number of carbonyl (C=O) groups is 2. The second-order valence-corrected chi connectivity index (χ2v) is 29.3. The summed E-state index contributed by atoms with van der Waals surface area (Å²) in [4.78, 5) is 50.8. The van der Waals surface area contributed by atoms with Crippen LogP contribution in [0.2, 0.25) is 0 Å². The number of nitrogens with zero attached hydrogens (tertiary/aromatic N) is 14. The molecular formula is C80H98F4N14O10. The molecule has 28 heteroatoms. The van der Waals surface area contributed by atoms with Gasteiger partial charge in [-0.1, -0.05) is 51.7 Å². The molecule has 6 aliphatic heterocycles. The largest absolute Gasteiger partial charge is 0.488 e. The monoisotopic (exact) mass is 1490 g/mol. The molecule has 8 aromatic rings. The van der Waals surface area contributed by atoms with E-state index in [0.717, 1.165) is 137 Å². The van der Waals surface area contributed by atoms with Gasteiger partial charge in [0.25, 0.3) is 0 Å². The molecule has 576 valence electrons. The first kappa shape index (κ1) is 76.6. The van der Waals surface area contributed by atoms with E-state index in [2.05, 4.69) is 77.9 Å². The predicted molar refractivity (Wildman–Crippen MR) is 401 cm³/mol. The van der Waals surface area contributed by atoms with Crippen molar-refractivity contribution >= 4 is 46.2 Å². The Labute approximate surface area is 627 Å². The van der Waals surface area contributed by atoms with Crippen molar-refractivity contribution in [3.05, 3.63) is 193 Å². The molecule has 0 aliphatic carbocycles. The molecule has 0 radical (unpaired) electrons. The Kier molecular flexibility index (Phi) is 23.8. The maximum absolute atomic E-state index is 14.9. The van der Waals surface area contributed by atoms with Crippen LogP contribution >= 0.6 is 0 Å². The number of urea groups is 2. The Morgan fingerprint density at radius 3 is 1.11 bits per heavy atom. The smallest absolute Gasteiger partial charge is 0.327 e.